The van der Waals surface area contributed by atoms with E-state index in [1.54, 1.807) is 7.11 Å². The van der Waals surface area contributed by atoms with Gasteiger partial charge in [-0.2, -0.15) is 0 Å². The van der Waals surface area contributed by atoms with Gasteiger partial charge in [0, 0.05) is 25.1 Å². The van der Waals surface area contributed by atoms with Gasteiger partial charge < -0.3 is 10.1 Å². The van der Waals surface area contributed by atoms with Gasteiger partial charge in [0.2, 0.25) is 0 Å². The van der Waals surface area contributed by atoms with Crippen LogP contribution in [0.2, 0.25) is 0 Å². The summed E-state index contributed by atoms with van der Waals surface area (Å²) in [5.74, 6) is 1.21. The molecule has 96 valence electrons. The van der Waals surface area contributed by atoms with E-state index in [-0.39, 0.29) is 0 Å². The van der Waals surface area contributed by atoms with E-state index in [4.69, 9.17) is 4.74 Å². The van der Waals surface area contributed by atoms with Crippen molar-refractivity contribution in [1.82, 2.24) is 5.32 Å². The Morgan fingerprint density at radius 3 is 2.88 bits per heavy atom. The Labute approximate surface area is 109 Å². The highest BCUT2D eigenvalue weighted by atomic mass is 32.2. The number of rotatable bonds is 9. The summed E-state index contributed by atoms with van der Waals surface area (Å²) in [6, 6.07) is 8.64. The number of nitrogens with one attached hydrogen (secondary N) is 1. The molecule has 1 aromatic carbocycles. The predicted molar refractivity (Wildman–Crippen MR) is 75.7 cm³/mol. The number of hydrogen-bond donors (Lipinski definition) is 1. The van der Waals surface area contributed by atoms with Crippen molar-refractivity contribution in [3.05, 3.63) is 29.8 Å². The van der Waals surface area contributed by atoms with Crippen LogP contribution in [0.25, 0.3) is 0 Å². The second-order valence-electron chi connectivity index (χ2n) is 3.98. The van der Waals surface area contributed by atoms with Crippen LogP contribution in [0.3, 0.4) is 0 Å². The van der Waals surface area contributed by atoms with E-state index in [2.05, 4.69) is 36.5 Å². The SMILES string of the molecule is CCCCSc1ccccc1CNCCOC. The van der Waals surface area contributed by atoms with Crippen LogP contribution in [-0.4, -0.2) is 26.0 Å². The lowest BCUT2D eigenvalue weighted by molar-refractivity contribution is 0.199. The van der Waals surface area contributed by atoms with Crippen LogP contribution in [-0.2, 0) is 11.3 Å². The Morgan fingerprint density at radius 2 is 2.12 bits per heavy atom. The van der Waals surface area contributed by atoms with Gasteiger partial charge in [0.15, 0.2) is 0 Å². The maximum Gasteiger partial charge on any atom is 0.0587 e. The molecule has 0 aliphatic heterocycles. The summed E-state index contributed by atoms with van der Waals surface area (Å²) in [5.41, 5.74) is 1.39. The first-order chi connectivity index (χ1) is 8.38. The molecule has 0 spiro atoms. The topological polar surface area (TPSA) is 21.3 Å². The average Bonchev–Trinajstić information content (AvgIpc) is 2.36. The highest BCUT2D eigenvalue weighted by molar-refractivity contribution is 7.99. The van der Waals surface area contributed by atoms with Crippen LogP contribution >= 0.6 is 11.8 Å². The van der Waals surface area contributed by atoms with Crippen molar-refractivity contribution in [3.8, 4) is 0 Å². The molecule has 0 saturated carbocycles. The van der Waals surface area contributed by atoms with Crippen LogP contribution in [0, 0.1) is 0 Å². The molecule has 17 heavy (non-hydrogen) atoms. The summed E-state index contributed by atoms with van der Waals surface area (Å²) >= 11 is 1.96. The van der Waals surface area contributed by atoms with Gasteiger partial charge in [0.25, 0.3) is 0 Å². The summed E-state index contributed by atoms with van der Waals surface area (Å²) in [7, 11) is 1.73. The van der Waals surface area contributed by atoms with E-state index in [1.807, 2.05) is 11.8 Å². The summed E-state index contributed by atoms with van der Waals surface area (Å²) < 4.78 is 5.02. The van der Waals surface area contributed by atoms with Gasteiger partial charge in [-0.25, -0.2) is 0 Å². The summed E-state index contributed by atoms with van der Waals surface area (Å²) in [4.78, 5) is 1.41. The molecule has 0 aliphatic carbocycles. The fourth-order valence-electron chi connectivity index (χ4n) is 1.51. The zero-order valence-corrected chi connectivity index (χ0v) is 11.7. The van der Waals surface area contributed by atoms with Crippen molar-refractivity contribution in [2.24, 2.45) is 0 Å². The lowest BCUT2D eigenvalue weighted by atomic mass is 10.2. The Balaban J connectivity index is 2.40. The van der Waals surface area contributed by atoms with E-state index in [0.717, 1.165) is 19.7 Å². The van der Waals surface area contributed by atoms with Crippen LogP contribution < -0.4 is 5.32 Å². The number of ether oxygens (including phenoxy) is 1. The molecule has 0 aliphatic rings. The highest BCUT2D eigenvalue weighted by Crippen LogP contribution is 2.23. The van der Waals surface area contributed by atoms with Gasteiger partial charge in [-0.1, -0.05) is 31.5 Å². The molecule has 1 N–H and O–H groups in total. The van der Waals surface area contributed by atoms with Gasteiger partial charge in [-0.3, -0.25) is 0 Å². The molecule has 1 aromatic rings. The van der Waals surface area contributed by atoms with Crippen LogP contribution in [0.15, 0.2) is 29.2 Å². The Hall–Kier alpha value is -0.510. The number of thioether (sulfide) groups is 1. The number of methoxy groups -OCH3 is 1. The minimum Gasteiger partial charge on any atom is -0.383 e. The second-order valence-corrected chi connectivity index (χ2v) is 5.12. The first kappa shape index (κ1) is 14.6. The third kappa shape index (κ3) is 6.10. The predicted octanol–water partition coefficient (Wildman–Crippen LogP) is 3.31. The zero-order valence-electron chi connectivity index (χ0n) is 10.9. The molecule has 0 heterocycles. The van der Waals surface area contributed by atoms with Gasteiger partial charge in [-0.15, -0.1) is 11.8 Å². The lowest BCUT2D eigenvalue weighted by Gasteiger charge is -2.09. The minimum atomic E-state index is 0.769. The van der Waals surface area contributed by atoms with E-state index in [0.29, 0.717) is 0 Å². The molecular weight excluding hydrogens is 230 g/mol. The highest BCUT2D eigenvalue weighted by Gasteiger charge is 2.01. The van der Waals surface area contributed by atoms with Crippen LogP contribution in [0.5, 0.6) is 0 Å². The van der Waals surface area contributed by atoms with Crippen molar-refractivity contribution in [1.29, 1.82) is 0 Å². The minimum absolute atomic E-state index is 0.769. The first-order valence-electron chi connectivity index (χ1n) is 6.28. The van der Waals surface area contributed by atoms with E-state index in [1.165, 1.54) is 29.1 Å². The molecule has 0 bridgehead atoms. The third-order valence-corrected chi connectivity index (χ3v) is 3.73. The van der Waals surface area contributed by atoms with Gasteiger partial charge in [-0.05, 0) is 23.8 Å². The Kier molecular flexibility index (Phi) is 8.14. The number of unbranched alkanes of at least 4 members (excludes halogenated alkanes) is 1. The molecule has 3 heteroatoms. The maximum absolute atomic E-state index is 5.02. The molecule has 0 saturated heterocycles. The lowest BCUT2D eigenvalue weighted by Crippen LogP contribution is -2.18. The Bertz CT molecular complexity index is 304. The van der Waals surface area contributed by atoms with Crippen molar-refractivity contribution < 1.29 is 4.74 Å². The van der Waals surface area contributed by atoms with E-state index < -0.39 is 0 Å². The molecule has 0 unspecified atom stereocenters. The largest absolute Gasteiger partial charge is 0.383 e. The molecule has 1 rings (SSSR count). The number of benzene rings is 1. The van der Waals surface area contributed by atoms with Gasteiger partial charge in [0.05, 0.1) is 6.61 Å². The normalized spacial score (nSPS) is 10.7. The van der Waals surface area contributed by atoms with Gasteiger partial charge in [0.1, 0.15) is 0 Å². The molecule has 0 amide bonds. The molecule has 0 atom stereocenters. The van der Waals surface area contributed by atoms with E-state index in [9.17, 15) is 0 Å². The fraction of sp³-hybridized carbons (Fsp3) is 0.571. The number of hydrogen-bond acceptors (Lipinski definition) is 3. The smallest absolute Gasteiger partial charge is 0.0587 e. The van der Waals surface area contributed by atoms with Crippen molar-refractivity contribution in [2.45, 2.75) is 31.2 Å². The fourth-order valence-corrected chi connectivity index (χ4v) is 2.67. The third-order valence-electron chi connectivity index (χ3n) is 2.53. The second kappa shape index (κ2) is 9.51. The van der Waals surface area contributed by atoms with E-state index >= 15 is 0 Å². The zero-order chi connectivity index (χ0) is 12.3. The average molecular weight is 253 g/mol. The van der Waals surface area contributed by atoms with Crippen LogP contribution in [0.1, 0.15) is 25.3 Å². The van der Waals surface area contributed by atoms with Crippen molar-refractivity contribution >= 4 is 11.8 Å². The molecule has 0 fully saturated rings. The monoisotopic (exact) mass is 253 g/mol. The first-order valence-corrected chi connectivity index (χ1v) is 7.27. The molecule has 2 nitrogen and oxygen atoms in total. The van der Waals surface area contributed by atoms with Crippen LogP contribution in [0.4, 0.5) is 0 Å². The summed E-state index contributed by atoms with van der Waals surface area (Å²) in [6.45, 7) is 4.84. The summed E-state index contributed by atoms with van der Waals surface area (Å²) in [5, 5.41) is 3.40. The summed E-state index contributed by atoms with van der Waals surface area (Å²) in [6.07, 6.45) is 2.55. The maximum atomic E-state index is 5.02. The standard InChI is InChI=1S/C14H23NOS/c1-3-4-11-17-14-8-6-5-7-13(14)12-15-9-10-16-2/h5-8,15H,3-4,9-12H2,1-2H3. The molecule has 0 aromatic heterocycles. The molecule has 0 radical (unpaired) electrons. The van der Waals surface area contributed by atoms with Crippen molar-refractivity contribution in [3.63, 3.8) is 0 Å². The molecular formula is C14H23NOS. The quantitative estimate of drug-likeness (QED) is 0.539. The Morgan fingerprint density at radius 1 is 1.29 bits per heavy atom. The van der Waals surface area contributed by atoms with Crippen molar-refractivity contribution in [2.75, 3.05) is 26.0 Å². The van der Waals surface area contributed by atoms with Gasteiger partial charge >= 0.3 is 0 Å².